The monoisotopic (exact) mass is 212 g/mol. The van der Waals surface area contributed by atoms with Crippen LogP contribution in [0.15, 0.2) is 12.3 Å². The molecular formula is C9H16N4S. The van der Waals surface area contributed by atoms with Gasteiger partial charge in [0.1, 0.15) is 0 Å². The summed E-state index contributed by atoms with van der Waals surface area (Å²) in [6, 6.07) is 2.18. The van der Waals surface area contributed by atoms with E-state index in [2.05, 4.69) is 29.6 Å². The third kappa shape index (κ3) is 2.45. The van der Waals surface area contributed by atoms with Crippen LogP contribution in [0.25, 0.3) is 0 Å². The predicted molar refractivity (Wildman–Crippen MR) is 61.1 cm³/mol. The zero-order valence-electron chi connectivity index (χ0n) is 8.74. The molecule has 0 amide bonds. The van der Waals surface area contributed by atoms with E-state index in [1.54, 1.807) is 13.2 Å². The Morgan fingerprint density at radius 3 is 3.00 bits per heavy atom. The van der Waals surface area contributed by atoms with Crippen molar-refractivity contribution in [3.8, 4) is 0 Å². The highest BCUT2D eigenvalue weighted by molar-refractivity contribution is 7.80. The van der Waals surface area contributed by atoms with Crippen molar-refractivity contribution in [3.63, 3.8) is 0 Å². The van der Waals surface area contributed by atoms with E-state index in [0.717, 1.165) is 12.2 Å². The summed E-state index contributed by atoms with van der Waals surface area (Å²) in [5, 5.41) is 10.9. The molecule has 1 rings (SSSR count). The number of thiocarbonyl (C=S) groups is 1. The fraction of sp³-hybridized carbons (Fsp3) is 0.556. The maximum Gasteiger partial charge on any atom is 0.166 e. The van der Waals surface area contributed by atoms with Crippen molar-refractivity contribution in [1.82, 2.24) is 20.4 Å². The molecule has 0 spiro atoms. The molecule has 5 heteroatoms. The summed E-state index contributed by atoms with van der Waals surface area (Å²) in [6.07, 6.45) is 1.80. The Bertz CT molecular complexity index is 308. The Morgan fingerprint density at radius 2 is 2.43 bits per heavy atom. The predicted octanol–water partition coefficient (Wildman–Crippen LogP) is 1.06. The molecule has 0 fully saturated rings. The van der Waals surface area contributed by atoms with E-state index in [9.17, 15) is 0 Å². The molecule has 4 nitrogen and oxygen atoms in total. The fourth-order valence-corrected chi connectivity index (χ4v) is 1.49. The molecule has 1 unspecified atom stereocenters. The van der Waals surface area contributed by atoms with Crippen molar-refractivity contribution in [2.45, 2.75) is 26.4 Å². The molecule has 78 valence electrons. The quantitative estimate of drug-likeness (QED) is 0.735. The Balaban J connectivity index is 2.68. The van der Waals surface area contributed by atoms with Gasteiger partial charge in [0.25, 0.3) is 0 Å². The average molecular weight is 212 g/mol. The molecule has 1 aromatic rings. The smallest absolute Gasteiger partial charge is 0.166 e. The van der Waals surface area contributed by atoms with Crippen LogP contribution in [0.3, 0.4) is 0 Å². The van der Waals surface area contributed by atoms with Gasteiger partial charge >= 0.3 is 0 Å². The highest BCUT2D eigenvalue weighted by Gasteiger charge is 2.10. The SMILES string of the molecule is CCn1nccc1C(C)NC(=S)NC. The lowest BCUT2D eigenvalue weighted by Crippen LogP contribution is -2.35. The van der Waals surface area contributed by atoms with E-state index in [1.807, 2.05) is 10.7 Å². The minimum absolute atomic E-state index is 0.178. The number of aromatic nitrogens is 2. The third-order valence-electron chi connectivity index (χ3n) is 2.07. The summed E-state index contributed by atoms with van der Waals surface area (Å²) in [5.74, 6) is 0. The molecule has 1 heterocycles. The van der Waals surface area contributed by atoms with Gasteiger partial charge in [-0.2, -0.15) is 5.10 Å². The van der Waals surface area contributed by atoms with E-state index >= 15 is 0 Å². The third-order valence-corrected chi connectivity index (χ3v) is 2.39. The highest BCUT2D eigenvalue weighted by Crippen LogP contribution is 2.10. The van der Waals surface area contributed by atoms with Crippen molar-refractivity contribution in [3.05, 3.63) is 18.0 Å². The van der Waals surface area contributed by atoms with Gasteiger partial charge in [0.2, 0.25) is 0 Å². The maximum atomic E-state index is 5.03. The first kappa shape index (κ1) is 11.0. The van der Waals surface area contributed by atoms with Gasteiger partial charge in [-0.15, -0.1) is 0 Å². The second-order valence-corrected chi connectivity index (χ2v) is 3.43. The number of aryl methyl sites for hydroxylation is 1. The number of rotatable bonds is 3. The van der Waals surface area contributed by atoms with Gasteiger partial charge in [0.05, 0.1) is 11.7 Å². The van der Waals surface area contributed by atoms with Crippen LogP contribution >= 0.6 is 12.2 Å². The van der Waals surface area contributed by atoms with Crippen molar-refractivity contribution >= 4 is 17.3 Å². The van der Waals surface area contributed by atoms with Crippen LogP contribution in [-0.2, 0) is 6.54 Å². The first-order chi connectivity index (χ1) is 6.69. The van der Waals surface area contributed by atoms with Gasteiger partial charge in [0.15, 0.2) is 5.11 Å². The largest absolute Gasteiger partial charge is 0.366 e. The minimum Gasteiger partial charge on any atom is -0.366 e. The van der Waals surface area contributed by atoms with Crippen LogP contribution in [0.4, 0.5) is 0 Å². The van der Waals surface area contributed by atoms with Crippen LogP contribution in [0, 0.1) is 0 Å². The van der Waals surface area contributed by atoms with Crippen LogP contribution in [0.2, 0.25) is 0 Å². The van der Waals surface area contributed by atoms with Gasteiger partial charge in [-0.1, -0.05) is 0 Å². The second kappa shape index (κ2) is 4.95. The average Bonchev–Trinajstić information content (AvgIpc) is 2.65. The van der Waals surface area contributed by atoms with Crippen LogP contribution < -0.4 is 10.6 Å². The maximum absolute atomic E-state index is 5.03. The van der Waals surface area contributed by atoms with Gasteiger partial charge in [-0.05, 0) is 32.1 Å². The standard InChI is InChI=1S/C9H16N4S/c1-4-13-8(5-6-11-13)7(2)12-9(14)10-3/h5-7H,4H2,1-3H3,(H2,10,12,14). The Hall–Kier alpha value is -1.10. The summed E-state index contributed by atoms with van der Waals surface area (Å²) >= 11 is 5.03. The van der Waals surface area contributed by atoms with Gasteiger partial charge < -0.3 is 10.6 Å². The van der Waals surface area contributed by atoms with E-state index in [4.69, 9.17) is 12.2 Å². The van der Waals surface area contributed by atoms with Crippen LogP contribution in [-0.4, -0.2) is 21.9 Å². The zero-order chi connectivity index (χ0) is 10.6. The topological polar surface area (TPSA) is 41.9 Å². The highest BCUT2D eigenvalue weighted by atomic mass is 32.1. The van der Waals surface area contributed by atoms with Gasteiger partial charge in [-0.25, -0.2) is 0 Å². The molecule has 0 aliphatic carbocycles. The second-order valence-electron chi connectivity index (χ2n) is 3.02. The number of hydrogen-bond acceptors (Lipinski definition) is 2. The van der Waals surface area contributed by atoms with Crippen molar-refractivity contribution < 1.29 is 0 Å². The van der Waals surface area contributed by atoms with Crippen LogP contribution in [0.1, 0.15) is 25.6 Å². The zero-order valence-corrected chi connectivity index (χ0v) is 9.56. The first-order valence-electron chi connectivity index (χ1n) is 4.69. The van der Waals surface area contributed by atoms with E-state index < -0.39 is 0 Å². The van der Waals surface area contributed by atoms with Gasteiger partial charge in [0, 0.05) is 19.8 Å². The Kier molecular flexibility index (Phi) is 3.88. The molecule has 0 aliphatic heterocycles. The van der Waals surface area contributed by atoms with E-state index in [1.165, 1.54) is 0 Å². The van der Waals surface area contributed by atoms with Gasteiger partial charge in [-0.3, -0.25) is 4.68 Å². The molecule has 0 aliphatic rings. The minimum atomic E-state index is 0.178. The molecule has 2 N–H and O–H groups in total. The van der Waals surface area contributed by atoms with Crippen molar-refractivity contribution in [2.75, 3.05) is 7.05 Å². The molecule has 14 heavy (non-hydrogen) atoms. The lowest BCUT2D eigenvalue weighted by atomic mass is 10.2. The van der Waals surface area contributed by atoms with Crippen LogP contribution in [0.5, 0.6) is 0 Å². The Labute approximate surface area is 89.7 Å². The summed E-state index contributed by atoms with van der Waals surface area (Å²) in [7, 11) is 1.80. The lowest BCUT2D eigenvalue weighted by Gasteiger charge is -2.16. The molecule has 0 saturated heterocycles. The molecular weight excluding hydrogens is 196 g/mol. The summed E-state index contributed by atoms with van der Waals surface area (Å²) < 4.78 is 1.95. The molecule has 0 bridgehead atoms. The van der Waals surface area contributed by atoms with Crippen molar-refractivity contribution in [1.29, 1.82) is 0 Å². The Morgan fingerprint density at radius 1 is 1.71 bits per heavy atom. The molecule has 0 aromatic carbocycles. The molecule has 1 aromatic heterocycles. The normalized spacial score (nSPS) is 12.2. The first-order valence-corrected chi connectivity index (χ1v) is 5.09. The molecule has 1 atom stereocenters. The fourth-order valence-electron chi connectivity index (χ4n) is 1.32. The molecule has 0 saturated carbocycles. The summed E-state index contributed by atoms with van der Waals surface area (Å²) in [4.78, 5) is 0. The lowest BCUT2D eigenvalue weighted by molar-refractivity contribution is 0.565. The number of nitrogens with one attached hydrogen (secondary N) is 2. The van der Waals surface area contributed by atoms with E-state index in [-0.39, 0.29) is 6.04 Å². The molecule has 0 radical (unpaired) electrons. The summed E-state index contributed by atoms with van der Waals surface area (Å²) in [6.45, 7) is 5.01. The number of nitrogens with zero attached hydrogens (tertiary/aromatic N) is 2. The number of hydrogen-bond donors (Lipinski definition) is 2. The van der Waals surface area contributed by atoms with Crippen molar-refractivity contribution in [2.24, 2.45) is 0 Å². The van der Waals surface area contributed by atoms with E-state index in [0.29, 0.717) is 5.11 Å². The summed E-state index contributed by atoms with van der Waals surface area (Å²) in [5.41, 5.74) is 1.14.